The van der Waals surface area contributed by atoms with Gasteiger partial charge in [0, 0.05) is 111 Å². The summed E-state index contributed by atoms with van der Waals surface area (Å²) in [6, 6.07) is 23.1. The maximum atomic E-state index is 18.9. The normalized spacial score (nSPS) is 23.3. The molecular weight excluding hydrogens is 1090 g/mol. The second-order valence-electron chi connectivity index (χ2n) is 21.7. The maximum absolute atomic E-state index is 18.9. The van der Waals surface area contributed by atoms with Crippen LogP contribution in [0.25, 0.3) is 11.1 Å². The average molecular weight is 1170 g/mol. The highest BCUT2D eigenvalue weighted by Gasteiger charge is 2.67. The first-order valence-electron chi connectivity index (χ1n) is 28.3. The monoisotopic (exact) mass is 1170 g/mol. The Morgan fingerprint density at radius 3 is 1.32 bits per heavy atom. The SMILES string of the molecule is COCCNC1=C(Cl)C(c2cccc(F)c2C)=C(C(=O)c2cccc(OC)c2)[C@H](C2CCCNC2)[C@@]1(CCOC)C(=O)[C@@]1(CCOC)C(NCCOC)=C(Cl)C(c2cccc(F)c2C)=C(C(=O)c2cccc(OC)c2)[C@@H]1C1CCCNC1. The Labute approximate surface area is 491 Å². The molecule has 4 aromatic carbocycles. The zero-order valence-corrected chi connectivity index (χ0v) is 49.9. The average Bonchev–Trinajstić information content (AvgIpc) is 2.39. The van der Waals surface area contributed by atoms with E-state index in [1.807, 2.05) is 0 Å². The van der Waals surface area contributed by atoms with Gasteiger partial charge in [-0.25, -0.2) is 8.78 Å². The first kappa shape index (κ1) is 62.3. The van der Waals surface area contributed by atoms with Gasteiger partial charge in [-0.05, 0) is 149 Å². The van der Waals surface area contributed by atoms with Crippen LogP contribution in [-0.4, -0.2) is 126 Å². The van der Waals surface area contributed by atoms with E-state index in [1.54, 1.807) is 115 Å². The summed E-state index contributed by atoms with van der Waals surface area (Å²) in [7, 11) is 9.32. The van der Waals surface area contributed by atoms with Crippen molar-refractivity contribution in [3.8, 4) is 11.5 Å². The molecule has 2 saturated heterocycles. The van der Waals surface area contributed by atoms with Crippen molar-refractivity contribution in [3.63, 3.8) is 0 Å². The molecule has 440 valence electrons. The standard InChI is InChI=1S/C65H78Cl2F2N4O9/c1-39-47(21-11-23-49(39)68)51-53(59(74)41-15-9-19-45(35-41)81-7)55(43-17-13-27-70-37-43)64(25-31-77-3,61(57(51)66)72-29-33-79-5)63(76)65(26-32-78-4)56(44-18-14-28-71-38-44)54(60(75)42-16-10-20-46(36-42)82-8)52(48-22-12-24-50(69)40(48)2)58(67)62(65)73-30-34-80-6/h9-12,15-16,19-24,35-36,43-44,55-56,70-73H,13-14,17-18,25-34,37-38H2,1-8H3/t43?,44?,55-,56-,64+,65+/m0/s1. The molecular formula is C65H78Cl2F2N4O9. The maximum Gasteiger partial charge on any atom is 0.190 e. The number of rotatable bonds is 26. The number of carbonyl (C=O) groups is 3. The van der Waals surface area contributed by atoms with Gasteiger partial charge in [0.05, 0.1) is 48.3 Å². The molecule has 4 aromatic rings. The third-order valence-electron chi connectivity index (χ3n) is 17.3. The van der Waals surface area contributed by atoms with Crippen LogP contribution >= 0.6 is 23.2 Å². The van der Waals surface area contributed by atoms with E-state index in [-0.39, 0.29) is 118 Å². The summed E-state index contributed by atoms with van der Waals surface area (Å²) in [5.74, 6) is -4.50. The van der Waals surface area contributed by atoms with Gasteiger partial charge in [-0.3, -0.25) is 14.4 Å². The van der Waals surface area contributed by atoms with Crippen LogP contribution in [-0.2, 0) is 23.7 Å². The van der Waals surface area contributed by atoms with E-state index in [9.17, 15) is 0 Å². The number of hydrogen-bond acceptors (Lipinski definition) is 13. The van der Waals surface area contributed by atoms with E-state index in [2.05, 4.69) is 21.3 Å². The molecule has 4 N–H and O–H groups in total. The lowest BCUT2D eigenvalue weighted by Gasteiger charge is -2.57. The number of hydrogen-bond donors (Lipinski definition) is 4. The van der Waals surface area contributed by atoms with Crippen LogP contribution in [0.3, 0.4) is 0 Å². The first-order chi connectivity index (χ1) is 39.7. The molecule has 0 spiro atoms. The molecule has 8 rings (SSSR count). The quantitative estimate of drug-likeness (QED) is 0.0349. The Morgan fingerprint density at radius 2 is 0.963 bits per heavy atom. The van der Waals surface area contributed by atoms with Gasteiger partial charge in [-0.15, -0.1) is 0 Å². The highest BCUT2D eigenvalue weighted by molar-refractivity contribution is 6.41. The number of piperidine rings is 2. The smallest absolute Gasteiger partial charge is 0.190 e. The number of Topliss-reactive ketones (excluding diaryl/α,β-unsaturated/α-hetero) is 3. The summed E-state index contributed by atoms with van der Waals surface area (Å²) >= 11 is 16.5. The van der Waals surface area contributed by atoms with Gasteiger partial charge >= 0.3 is 0 Å². The van der Waals surface area contributed by atoms with Crippen LogP contribution in [0.15, 0.2) is 118 Å². The number of ether oxygens (including phenoxy) is 6. The molecule has 0 bridgehead atoms. The van der Waals surface area contributed by atoms with Crippen molar-refractivity contribution in [2.24, 2.45) is 34.5 Å². The molecule has 0 saturated carbocycles. The van der Waals surface area contributed by atoms with E-state index in [4.69, 9.17) is 51.6 Å². The number of allylic oxidation sites excluding steroid dienone is 8. The molecule has 0 aromatic heterocycles. The van der Waals surface area contributed by atoms with E-state index in [1.165, 1.54) is 26.4 Å². The van der Waals surface area contributed by atoms with Crippen LogP contribution in [0.2, 0.25) is 0 Å². The molecule has 2 unspecified atom stereocenters. The minimum Gasteiger partial charge on any atom is -0.497 e. The largest absolute Gasteiger partial charge is 0.497 e. The predicted molar refractivity (Wildman–Crippen MR) is 317 cm³/mol. The van der Waals surface area contributed by atoms with Crippen LogP contribution in [0, 0.1) is 60.0 Å². The zero-order valence-electron chi connectivity index (χ0n) is 48.4. The van der Waals surface area contributed by atoms with Gasteiger partial charge < -0.3 is 49.7 Å². The summed E-state index contributed by atoms with van der Waals surface area (Å²) < 4.78 is 68.0. The number of benzene rings is 4. The lowest BCUT2D eigenvalue weighted by atomic mass is 9.46. The second-order valence-corrected chi connectivity index (χ2v) is 22.4. The van der Waals surface area contributed by atoms with Gasteiger partial charge in [0.1, 0.15) is 23.1 Å². The number of methoxy groups -OCH3 is 6. The Balaban J connectivity index is 1.62. The van der Waals surface area contributed by atoms with Crippen molar-refractivity contribution >= 4 is 51.7 Å². The number of nitrogens with one attached hydrogen (secondary N) is 4. The van der Waals surface area contributed by atoms with Crippen molar-refractivity contribution in [2.45, 2.75) is 52.4 Å². The fourth-order valence-corrected chi connectivity index (χ4v) is 14.4. The van der Waals surface area contributed by atoms with Crippen molar-refractivity contribution in [2.75, 3.05) is 108 Å². The zero-order chi connectivity index (χ0) is 58.7. The molecule has 2 aliphatic carbocycles. The molecule has 2 fully saturated rings. The summed E-state index contributed by atoms with van der Waals surface area (Å²) in [5.41, 5.74) is -0.475. The molecule has 6 atom stereocenters. The van der Waals surface area contributed by atoms with Crippen molar-refractivity contribution in [1.29, 1.82) is 0 Å². The molecule has 2 aliphatic heterocycles. The summed E-state index contributed by atoms with van der Waals surface area (Å²) in [6.45, 7) is 6.02. The Morgan fingerprint density at radius 1 is 0.573 bits per heavy atom. The molecule has 17 heteroatoms. The van der Waals surface area contributed by atoms with Crippen molar-refractivity contribution in [3.05, 3.63) is 163 Å². The lowest BCUT2D eigenvalue weighted by Crippen LogP contribution is -2.63. The van der Waals surface area contributed by atoms with Crippen molar-refractivity contribution in [1.82, 2.24) is 21.3 Å². The van der Waals surface area contributed by atoms with Crippen LogP contribution < -0.4 is 30.7 Å². The predicted octanol–water partition coefficient (Wildman–Crippen LogP) is 10.8. The summed E-state index contributed by atoms with van der Waals surface area (Å²) in [6.07, 6.45) is 2.40. The second kappa shape index (κ2) is 28.2. The van der Waals surface area contributed by atoms with E-state index >= 15 is 23.2 Å². The summed E-state index contributed by atoms with van der Waals surface area (Å²) in [5, 5.41) is 14.7. The molecule has 4 aliphatic rings. The van der Waals surface area contributed by atoms with Crippen molar-refractivity contribution < 1.29 is 51.6 Å². The number of ketones is 3. The minimum atomic E-state index is -1.88. The molecule has 0 radical (unpaired) electrons. The summed E-state index contributed by atoms with van der Waals surface area (Å²) in [4.78, 5) is 52.1. The lowest BCUT2D eigenvalue weighted by molar-refractivity contribution is -0.145. The number of carbonyl (C=O) groups excluding carboxylic acids is 3. The first-order valence-corrected chi connectivity index (χ1v) is 29.1. The minimum absolute atomic E-state index is 0.0178. The fraction of sp³-hybridized carbons (Fsp3) is 0.462. The Hall–Kier alpha value is -5.75. The fourth-order valence-electron chi connectivity index (χ4n) is 13.5. The van der Waals surface area contributed by atoms with Crippen LogP contribution in [0.1, 0.15) is 81.5 Å². The molecule has 2 heterocycles. The van der Waals surface area contributed by atoms with Crippen LogP contribution in [0.5, 0.6) is 11.5 Å². The van der Waals surface area contributed by atoms with E-state index in [0.717, 1.165) is 0 Å². The third kappa shape index (κ3) is 12.0. The molecule has 13 nitrogen and oxygen atoms in total. The van der Waals surface area contributed by atoms with Gasteiger partial charge in [0.15, 0.2) is 17.3 Å². The van der Waals surface area contributed by atoms with E-state index in [0.29, 0.717) is 74.5 Å². The molecule has 82 heavy (non-hydrogen) atoms. The van der Waals surface area contributed by atoms with Gasteiger partial charge in [-0.1, -0.05) is 71.7 Å². The number of halogens is 4. The van der Waals surface area contributed by atoms with Gasteiger partial charge in [0.2, 0.25) is 0 Å². The van der Waals surface area contributed by atoms with Gasteiger partial charge in [0.25, 0.3) is 0 Å². The van der Waals surface area contributed by atoms with Gasteiger partial charge in [-0.2, -0.15) is 0 Å². The van der Waals surface area contributed by atoms with E-state index < -0.39 is 63.5 Å². The third-order valence-corrected chi connectivity index (χ3v) is 18.0. The molecule has 0 amide bonds. The highest BCUT2D eigenvalue weighted by Crippen LogP contribution is 2.65. The Kier molecular flexibility index (Phi) is 21.4. The highest BCUT2D eigenvalue weighted by atomic mass is 35.5. The Bertz CT molecular complexity index is 2910. The van der Waals surface area contributed by atoms with Crippen LogP contribution in [0.4, 0.5) is 8.78 Å². The topological polar surface area (TPSA) is 155 Å².